The molecule has 7 nitrogen and oxygen atoms in total. The maximum Gasteiger partial charge on any atom is 0.361 e. The lowest BCUT2D eigenvalue weighted by Crippen LogP contribution is -2.52. The van der Waals surface area contributed by atoms with Crippen LogP contribution in [0.15, 0.2) is 18.2 Å². The molecule has 0 radical (unpaired) electrons. The van der Waals surface area contributed by atoms with Crippen LogP contribution in [0.3, 0.4) is 0 Å². The molecule has 1 heterocycles. The predicted molar refractivity (Wildman–Crippen MR) is 121 cm³/mol. The maximum atomic E-state index is 13.7. The number of hydrogen-bond donors (Lipinski definition) is 0. The Bertz CT molecular complexity index is 704. The number of carbonyl (C=O) groups is 2. The molecular formula is C24H38N2O5. The Labute approximate surface area is 186 Å². The van der Waals surface area contributed by atoms with E-state index in [1.807, 2.05) is 32.0 Å². The van der Waals surface area contributed by atoms with Crippen LogP contribution < -0.4 is 5.06 Å². The summed E-state index contributed by atoms with van der Waals surface area (Å²) in [6.45, 7) is 10.0. The van der Waals surface area contributed by atoms with Gasteiger partial charge in [-0.25, -0.2) is 4.79 Å². The highest BCUT2D eigenvalue weighted by Crippen LogP contribution is 2.29. The minimum Gasteiger partial charge on any atom is -0.382 e. The zero-order chi connectivity index (χ0) is 22.8. The van der Waals surface area contributed by atoms with Crippen molar-refractivity contribution in [1.29, 1.82) is 0 Å². The van der Waals surface area contributed by atoms with Gasteiger partial charge < -0.3 is 14.3 Å². The number of methoxy groups -OCH3 is 1. The van der Waals surface area contributed by atoms with Gasteiger partial charge in [0.05, 0.1) is 24.9 Å². The number of hydrogen-bond acceptors (Lipinski definition) is 6. The molecule has 2 atom stereocenters. The summed E-state index contributed by atoms with van der Waals surface area (Å²) >= 11 is 0. The zero-order valence-electron chi connectivity index (χ0n) is 19.7. The third-order valence-electron chi connectivity index (χ3n) is 5.71. The first-order valence-electron chi connectivity index (χ1n) is 11.4. The Morgan fingerprint density at radius 3 is 2.55 bits per heavy atom. The average Bonchev–Trinajstić information content (AvgIpc) is 2.76. The van der Waals surface area contributed by atoms with Crippen LogP contribution in [-0.2, 0) is 23.9 Å². The summed E-state index contributed by atoms with van der Waals surface area (Å²) in [4.78, 5) is 34.5. The number of amides is 1. The molecule has 7 heteroatoms. The molecule has 1 aromatic rings. The lowest BCUT2D eigenvalue weighted by Gasteiger charge is -2.37. The van der Waals surface area contributed by atoms with Crippen molar-refractivity contribution >= 4 is 17.6 Å². The van der Waals surface area contributed by atoms with Gasteiger partial charge >= 0.3 is 5.97 Å². The first-order valence-corrected chi connectivity index (χ1v) is 11.4. The molecule has 1 aliphatic rings. The molecule has 0 N–H and O–H groups in total. The molecule has 2 unspecified atom stereocenters. The van der Waals surface area contributed by atoms with E-state index in [2.05, 4.69) is 11.8 Å². The fourth-order valence-electron chi connectivity index (χ4n) is 3.90. The Morgan fingerprint density at radius 2 is 1.90 bits per heavy atom. The highest BCUT2D eigenvalue weighted by Gasteiger charge is 2.36. The molecule has 1 fully saturated rings. The van der Waals surface area contributed by atoms with Gasteiger partial charge in [-0.05, 0) is 64.3 Å². The van der Waals surface area contributed by atoms with E-state index in [1.165, 1.54) is 5.06 Å². The highest BCUT2D eigenvalue weighted by atomic mass is 16.7. The maximum absolute atomic E-state index is 13.7. The van der Waals surface area contributed by atoms with E-state index >= 15 is 0 Å². The molecule has 0 aromatic heterocycles. The number of carbonyl (C=O) groups excluding carboxylic acids is 2. The van der Waals surface area contributed by atoms with Crippen molar-refractivity contribution in [2.75, 3.05) is 38.5 Å². The minimum absolute atomic E-state index is 0.189. The Hall–Kier alpha value is -1.96. The van der Waals surface area contributed by atoms with E-state index in [0.717, 1.165) is 56.3 Å². The van der Waals surface area contributed by atoms with Gasteiger partial charge in [0.1, 0.15) is 0 Å². The van der Waals surface area contributed by atoms with Gasteiger partial charge in [0.2, 0.25) is 0 Å². The molecule has 1 aliphatic heterocycles. The van der Waals surface area contributed by atoms with Crippen molar-refractivity contribution in [3.63, 3.8) is 0 Å². The largest absolute Gasteiger partial charge is 0.382 e. The Kier molecular flexibility index (Phi) is 10.4. The molecule has 0 aliphatic carbocycles. The van der Waals surface area contributed by atoms with Crippen molar-refractivity contribution < 1.29 is 23.9 Å². The fraction of sp³-hybridized carbons (Fsp3) is 0.667. The van der Waals surface area contributed by atoms with Crippen molar-refractivity contribution in [2.45, 2.75) is 71.9 Å². The van der Waals surface area contributed by atoms with E-state index in [0.29, 0.717) is 12.3 Å². The predicted octanol–water partition coefficient (Wildman–Crippen LogP) is 3.80. The van der Waals surface area contributed by atoms with Crippen LogP contribution in [0.4, 0.5) is 5.69 Å². The summed E-state index contributed by atoms with van der Waals surface area (Å²) in [6.07, 6.45) is 4.14. The summed E-state index contributed by atoms with van der Waals surface area (Å²) in [5.74, 6) is -0.784. The van der Waals surface area contributed by atoms with Crippen LogP contribution in [0, 0.1) is 13.8 Å². The number of benzene rings is 1. The quantitative estimate of drug-likeness (QED) is 0.412. The minimum atomic E-state index is -0.808. The van der Waals surface area contributed by atoms with Crippen molar-refractivity contribution in [3.8, 4) is 0 Å². The van der Waals surface area contributed by atoms with E-state index in [9.17, 15) is 9.59 Å². The van der Waals surface area contributed by atoms with E-state index in [-0.39, 0.29) is 18.6 Å². The normalized spacial score (nSPS) is 17.9. The summed E-state index contributed by atoms with van der Waals surface area (Å²) in [5, 5.41) is 1.22. The molecule has 1 aromatic carbocycles. The second-order valence-electron chi connectivity index (χ2n) is 8.19. The number of para-hydroxylation sites is 1. The third-order valence-corrected chi connectivity index (χ3v) is 5.71. The van der Waals surface area contributed by atoms with Gasteiger partial charge in [0.15, 0.2) is 6.10 Å². The zero-order valence-corrected chi connectivity index (χ0v) is 19.7. The van der Waals surface area contributed by atoms with Gasteiger partial charge in [0, 0.05) is 7.11 Å². The number of hydroxylamine groups is 1. The second kappa shape index (κ2) is 12.8. The number of ether oxygens (including phenoxy) is 2. The first-order chi connectivity index (χ1) is 14.9. The molecule has 0 spiro atoms. The van der Waals surface area contributed by atoms with Crippen LogP contribution in [0.2, 0.25) is 0 Å². The third kappa shape index (κ3) is 7.02. The smallest absolute Gasteiger partial charge is 0.361 e. The van der Waals surface area contributed by atoms with Crippen LogP contribution >= 0.6 is 0 Å². The number of piperidine rings is 1. The summed E-state index contributed by atoms with van der Waals surface area (Å²) in [6, 6.07) is 5.48. The Balaban J connectivity index is 2.29. The molecule has 1 amide bonds. The van der Waals surface area contributed by atoms with Crippen molar-refractivity contribution in [1.82, 2.24) is 4.90 Å². The second-order valence-corrected chi connectivity index (χ2v) is 8.19. The van der Waals surface area contributed by atoms with Crippen LogP contribution in [-0.4, -0.2) is 62.3 Å². The molecule has 174 valence electrons. The molecule has 1 saturated heterocycles. The monoisotopic (exact) mass is 434 g/mol. The summed E-state index contributed by atoms with van der Waals surface area (Å²) < 4.78 is 10.5. The van der Waals surface area contributed by atoms with E-state index in [4.69, 9.17) is 14.3 Å². The van der Waals surface area contributed by atoms with E-state index in [1.54, 1.807) is 14.0 Å². The molecule has 2 rings (SSSR count). The molecule has 0 bridgehead atoms. The van der Waals surface area contributed by atoms with Crippen LogP contribution in [0.5, 0.6) is 0 Å². The van der Waals surface area contributed by atoms with Crippen LogP contribution in [0.1, 0.15) is 57.1 Å². The van der Waals surface area contributed by atoms with E-state index < -0.39 is 12.1 Å². The van der Waals surface area contributed by atoms with Gasteiger partial charge in [-0.15, -0.1) is 5.06 Å². The first kappa shape index (κ1) is 25.3. The number of aryl methyl sites for hydroxylation is 2. The van der Waals surface area contributed by atoms with Gasteiger partial charge in [0.25, 0.3) is 5.91 Å². The lowest BCUT2D eigenvalue weighted by molar-refractivity contribution is -0.163. The van der Waals surface area contributed by atoms with Gasteiger partial charge in [-0.3, -0.25) is 9.69 Å². The number of anilines is 1. The number of rotatable bonds is 10. The number of likely N-dealkylation sites (tertiary alicyclic amines) is 1. The standard InChI is InChI=1S/C24H38N2O5/c1-6-7-14-25-15-9-8-13-21(25)23(27)26(22-18(2)11-10-12-19(22)3)31-24(28)20(4)30-17-16-29-5/h10-12,20-21H,6-9,13-17H2,1-5H3. The highest BCUT2D eigenvalue weighted by molar-refractivity contribution is 5.98. The molecule has 31 heavy (non-hydrogen) atoms. The van der Waals surface area contributed by atoms with Crippen molar-refractivity contribution in [2.24, 2.45) is 0 Å². The Morgan fingerprint density at radius 1 is 1.19 bits per heavy atom. The summed E-state index contributed by atoms with van der Waals surface area (Å²) in [5.41, 5.74) is 2.39. The van der Waals surface area contributed by atoms with Gasteiger partial charge in [-0.2, -0.15) is 0 Å². The summed E-state index contributed by atoms with van der Waals surface area (Å²) in [7, 11) is 1.57. The lowest BCUT2D eigenvalue weighted by atomic mass is 10.00. The SMILES string of the molecule is CCCCN1CCCCC1C(=O)N(OC(=O)C(C)OCCOC)c1c(C)cccc1C. The molecular weight excluding hydrogens is 396 g/mol. The van der Waals surface area contributed by atoms with Gasteiger partial charge in [-0.1, -0.05) is 38.0 Å². The number of nitrogens with zero attached hydrogens (tertiary/aromatic N) is 2. The van der Waals surface area contributed by atoms with Crippen molar-refractivity contribution in [3.05, 3.63) is 29.3 Å². The topological polar surface area (TPSA) is 68.3 Å². The van der Waals surface area contributed by atoms with Crippen LogP contribution in [0.25, 0.3) is 0 Å². The fourth-order valence-corrected chi connectivity index (χ4v) is 3.90. The average molecular weight is 435 g/mol. The molecule has 0 saturated carbocycles. The number of unbranched alkanes of at least 4 members (excludes halogenated alkanes) is 1.